The van der Waals surface area contributed by atoms with E-state index in [1.165, 1.54) is 14.9 Å². The first-order chi connectivity index (χ1) is 6.75. The van der Waals surface area contributed by atoms with E-state index in [2.05, 4.69) is 52.6 Å². The molecule has 0 fully saturated rings. The number of nitrogens with one attached hydrogen (secondary N) is 1. The van der Waals surface area contributed by atoms with Crippen molar-refractivity contribution in [1.29, 1.82) is 0 Å². The van der Waals surface area contributed by atoms with Crippen LogP contribution in [0.1, 0.15) is 25.1 Å². The number of halogens is 1. The van der Waals surface area contributed by atoms with Crippen molar-refractivity contribution in [3.63, 3.8) is 0 Å². The van der Waals surface area contributed by atoms with Gasteiger partial charge in [0.2, 0.25) is 0 Å². The Bertz CT molecular complexity index is 304. The summed E-state index contributed by atoms with van der Waals surface area (Å²) in [6, 6.07) is 2.10. The molecule has 1 rings (SSSR count). The highest BCUT2D eigenvalue weighted by Gasteiger charge is 2.01. The molecule has 1 N–H and O–H groups in total. The van der Waals surface area contributed by atoms with Crippen molar-refractivity contribution in [3.05, 3.63) is 26.9 Å². The molecule has 0 aliphatic heterocycles. The van der Waals surface area contributed by atoms with Crippen LogP contribution in [0.5, 0.6) is 0 Å². The topological polar surface area (TPSA) is 12.0 Å². The lowest BCUT2D eigenvalue weighted by molar-refractivity contribution is 0.727. The summed E-state index contributed by atoms with van der Waals surface area (Å²) in [6.07, 6.45) is 3.39. The van der Waals surface area contributed by atoms with E-state index in [9.17, 15) is 0 Å². The van der Waals surface area contributed by atoms with Gasteiger partial charge < -0.3 is 5.32 Å². The molecule has 0 amide bonds. The summed E-state index contributed by atoms with van der Waals surface area (Å²) in [6.45, 7) is 6.42. The van der Waals surface area contributed by atoms with Crippen molar-refractivity contribution in [2.24, 2.45) is 0 Å². The van der Waals surface area contributed by atoms with E-state index < -0.39 is 0 Å². The zero-order valence-electron chi connectivity index (χ0n) is 8.64. The molecular weight excluding hydrogens is 258 g/mol. The molecular formula is C11H16BrNS. The van der Waals surface area contributed by atoms with Crippen LogP contribution in [-0.4, -0.2) is 13.1 Å². The number of hydrogen-bond acceptors (Lipinski definition) is 2. The molecule has 0 aliphatic carbocycles. The molecule has 0 aromatic carbocycles. The molecule has 0 aliphatic rings. The molecule has 3 heteroatoms. The molecule has 1 nitrogen and oxygen atoms in total. The highest BCUT2D eigenvalue weighted by Crippen LogP contribution is 2.29. The van der Waals surface area contributed by atoms with E-state index >= 15 is 0 Å². The highest BCUT2D eigenvalue weighted by atomic mass is 79.9. The largest absolute Gasteiger partial charge is 0.317 e. The molecule has 1 aromatic heterocycles. The Morgan fingerprint density at radius 3 is 3.00 bits per heavy atom. The van der Waals surface area contributed by atoms with Gasteiger partial charge >= 0.3 is 0 Å². The number of allylic oxidation sites excluding steroid dienone is 1. The van der Waals surface area contributed by atoms with Crippen molar-refractivity contribution in [3.8, 4) is 0 Å². The van der Waals surface area contributed by atoms with Gasteiger partial charge in [-0.05, 0) is 59.4 Å². The van der Waals surface area contributed by atoms with Gasteiger partial charge in [-0.3, -0.25) is 0 Å². The Morgan fingerprint density at radius 2 is 2.43 bits per heavy atom. The Kier molecular flexibility index (Phi) is 5.45. The predicted octanol–water partition coefficient (Wildman–Crippen LogP) is 3.91. The van der Waals surface area contributed by atoms with Gasteiger partial charge in [0.1, 0.15) is 0 Å². The van der Waals surface area contributed by atoms with Gasteiger partial charge in [0, 0.05) is 9.35 Å². The van der Waals surface area contributed by atoms with Crippen LogP contribution in [0.3, 0.4) is 0 Å². The lowest BCUT2D eigenvalue weighted by Crippen LogP contribution is -2.12. The fourth-order valence-electron chi connectivity index (χ4n) is 1.24. The smallest absolute Gasteiger partial charge is 0.0438 e. The van der Waals surface area contributed by atoms with Gasteiger partial charge in [-0.2, -0.15) is 0 Å². The third kappa shape index (κ3) is 3.56. The van der Waals surface area contributed by atoms with E-state index in [0.29, 0.717) is 0 Å². The first-order valence-electron chi connectivity index (χ1n) is 4.86. The van der Waals surface area contributed by atoms with Crippen LogP contribution in [0.15, 0.2) is 22.0 Å². The van der Waals surface area contributed by atoms with Gasteiger partial charge in [0.25, 0.3) is 0 Å². The molecule has 14 heavy (non-hydrogen) atoms. The van der Waals surface area contributed by atoms with Crippen LogP contribution < -0.4 is 5.32 Å². The average Bonchev–Trinajstić information content (AvgIpc) is 2.59. The van der Waals surface area contributed by atoms with E-state index in [1.54, 1.807) is 11.3 Å². The third-order valence-electron chi connectivity index (χ3n) is 2.00. The van der Waals surface area contributed by atoms with Crippen LogP contribution >= 0.6 is 27.3 Å². The lowest BCUT2D eigenvalue weighted by Gasteiger charge is -2.00. The van der Waals surface area contributed by atoms with Crippen LogP contribution in [0.2, 0.25) is 0 Å². The minimum Gasteiger partial charge on any atom is -0.317 e. The van der Waals surface area contributed by atoms with Crippen molar-refractivity contribution < 1.29 is 0 Å². The van der Waals surface area contributed by atoms with E-state index in [0.717, 1.165) is 19.5 Å². The molecule has 0 saturated heterocycles. The number of thiophene rings is 1. The molecule has 0 saturated carbocycles. The maximum atomic E-state index is 3.54. The van der Waals surface area contributed by atoms with Gasteiger partial charge in [0.15, 0.2) is 0 Å². The van der Waals surface area contributed by atoms with Crippen LogP contribution in [0.25, 0.3) is 5.57 Å². The lowest BCUT2D eigenvalue weighted by atomic mass is 10.2. The van der Waals surface area contributed by atoms with Gasteiger partial charge in [-0.1, -0.05) is 13.0 Å². The second-order valence-electron chi connectivity index (χ2n) is 3.13. The zero-order chi connectivity index (χ0) is 10.4. The summed E-state index contributed by atoms with van der Waals surface area (Å²) >= 11 is 5.33. The summed E-state index contributed by atoms with van der Waals surface area (Å²) in [5.74, 6) is 0. The summed E-state index contributed by atoms with van der Waals surface area (Å²) in [4.78, 5) is 1.35. The van der Waals surface area contributed by atoms with E-state index in [4.69, 9.17) is 0 Å². The van der Waals surface area contributed by atoms with Crippen molar-refractivity contribution >= 4 is 32.8 Å². The van der Waals surface area contributed by atoms with E-state index in [-0.39, 0.29) is 0 Å². The molecule has 1 aromatic rings. The minimum absolute atomic E-state index is 1.05. The maximum absolute atomic E-state index is 3.54. The molecule has 1 heterocycles. The normalized spacial score (nSPS) is 12.1. The molecule has 0 radical (unpaired) electrons. The van der Waals surface area contributed by atoms with Crippen molar-refractivity contribution in [1.82, 2.24) is 5.32 Å². The zero-order valence-corrected chi connectivity index (χ0v) is 11.0. The average molecular weight is 274 g/mol. The van der Waals surface area contributed by atoms with Gasteiger partial charge in [0.05, 0.1) is 0 Å². The molecule has 0 bridgehead atoms. The van der Waals surface area contributed by atoms with Crippen LogP contribution in [0.4, 0.5) is 0 Å². The third-order valence-corrected chi connectivity index (χ3v) is 3.97. The fraction of sp³-hybridized carbons (Fsp3) is 0.455. The summed E-state index contributed by atoms with van der Waals surface area (Å²) < 4.78 is 1.21. The number of rotatable bonds is 5. The Hall–Kier alpha value is -0.120. The molecule has 0 unspecified atom stereocenters. The highest BCUT2D eigenvalue weighted by molar-refractivity contribution is 9.10. The van der Waals surface area contributed by atoms with Crippen LogP contribution in [0, 0.1) is 0 Å². The Labute approximate surface area is 98.4 Å². The monoisotopic (exact) mass is 273 g/mol. The Balaban J connectivity index is 2.48. The van der Waals surface area contributed by atoms with Gasteiger partial charge in [-0.25, -0.2) is 0 Å². The second kappa shape index (κ2) is 6.38. The molecule has 0 atom stereocenters. The summed E-state index contributed by atoms with van der Waals surface area (Å²) in [7, 11) is 0. The first kappa shape index (κ1) is 12.0. The van der Waals surface area contributed by atoms with Crippen LogP contribution in [-0.2, 0) is 0 Å². The molecule has 78 valence electrons. The summed E-state index contributed by atoms with van der Waals surface area (Å²) in [5.41, 5.74) is 1.37. The maximum Gasteiger partial charge on any atom is 0.0438 e. The number of hydrogen-bond donors (Lipinski definition) is 1. The minimum atomic E-state index is 1.05. The summed E-state index contributed by atoms with van der Waals surface area (Å²) in [5, 5.41) is 5.42. The Morgan fingerprint density at radius 1 is 1.64 bits per heavy atom. The van der Waals surface area contributed by atoms with Crippen molar-refractivity contribution in [2.45, 2.75) is 20.3 Å². The molecule has 0 spiro atoms. The van der Waals surface area contributed by atoms with Crippen molar-refractivity contribution in [2.75, 3.05) is 13.1 Å². The SMILES string of the molecule is CCNCCC=C(C)c1sccc1Br. The standard InChI is InChI=1S/C11H16BrNS/c1-3-13-7-4-5-9(2)11-10(12)6-8-14-11/h5-6,8,13H,3-4,7H2,1-2H3. The quantitative estimate of drug-likeness (QED) is 0.803. The van der Waals surface area contributed by atoms with E-state index in [1.807, 2.05) is 0 Å². The van der Waals surface area contributed by atoms with Gasteiger partial charge in [-0.15, -0.1) is 11.3 Å². The first-order valence-corrected chi connectivity index (χ1v) is 6.53. The predicted molar refractivity (Wildman–Crippen MR) is 68.8 cm³/mol. The second-order valence-corrected chi connectivity index (χ2v) is 4.90. The fourth-order valence-corrected chi connectivity index (χ4v) is 2.93.